The Morgan fingerprint density at radius 3 is 2.88 bits per heavy atom. The zero-order chi connectivity index (χ0) is 12.4. The summed E-state index contributed by atoms with van der Waals surface area (Å²) in [5, 5.41) is 12.8. The summed E-state index contributed by atoms with van der Waals surface area (Å²) in [7, 11) is 0. The van der Waals surface area contributed by atoms with Gasteiger partial charge in [-0.15, -0.1) is 0 Å². The lowest BCUT2D eigenvalue weighted by Crippen LogP contribution is -2.05. The molecular weight excluding hydrogens is 224 g/mol. The first kappa shape index (κ1) is 11.1. The SMILES string of the molecule is CCOC(=O)c1cc2cc(C(=O)O)ccn2n1. The molecule has 2 rings (SSSR count). The van der Waals surface area contributed by atoms with Crippen LogP contribution < -0.4 is 0 Å². The molecule has 2 aromatic heterocycles. The number of hydrogen-bond donors (Lipinski definition) is 1. The van der Waals surface area contributed by atoms with Gasteiger partial charge in [0.25, 0.3) is 0 Å². The molecule has 1 N–H and O–H groups in total. The van der Waals surface area contributed by atoms with E-state index in [1.165, 1.54) is 28.9 Å². The summed E-state index contributed by atoms with van der Waals surface area (Å²) in [5.41, 5.74) is 0.843. The Morgan fingerprint density at radius 1 is 1.47 bits per heavy atom. The van der Waals surface area contributed by atoms with E-state index in [1.807, 2.05) is 0 Å². The largest absolute Gasteiger partial charge is 0.478 e. The Hall–Kier alpha value is -2.37. The predicted octanol–water partition coefficient (Wildman–Crippen LogP) is 1.21. The molecule has 88 valence electrons. The minimum Gasteiger partial charge on any atom is -0.478 e. The van der Waals surface area contributed by atoms with Crippen LogP contribution in [0.3, 0.4) is 0 Å². The molecule has 0 amide bonds. The molecular formula is C11H10N2O4. The van der Waals surface area contributed by atoms with Crippen LogP contribution in [0.5, 0.6) is 0 Å². The van der Waals surface area contributed by atoms with Crippen LogP contribution in [0.15, 0.2) is 24.4 Å². The van der Waals surface area contributed by atoms with Crippen LogP contribution in [-0.4, -0.2) is 33.3 Å². The Morgan fingerprint density at radius 2 is 2.24 bits per heavy atom. The van der Waals surface area contributed by atoms with Crippen molar-refractivity contribution in [2.45, 2.75) is 6.92 Å². The highest BCUT2D eigenvalue weighted by atomic mass is 16.5. The summed E-state index contributed by atoms with van der Waals surface area (Å²) in [6, 6.07) is 4.35. The number of aromatic nitrogens is 2. The van der Waals surface area contributed by atoms with Gasteiger partial charge >= 0.3 is 11.9 Å². The highest BCUT2D eigenvalue weighted by Crippen LogP contribution is 2.10. The molecule has 0 aliphatic rings. The number of pyridine rings is 1. The third-order valence-corrected chi connectivity index (χ3v) is 2.19. The molecule has 0 bridgehead atoms. The van der Waals surface area contributed by atoms with Gasteiger partial charge in [-0.2, -0.15) is 5.10 Å². The highest BCUT2D eigenvalue weighted by molar-refractivity contribution is 5.91. The molecule has 0 aromatic carbocycles. The molecule has 0 saturated heterocycles. The van der Waals surface area contributed by atoms with Gasteiger partial charge in [-0.05, 0) is 25.1 Å². The second kappa shape index (κ2) is 4.25. The summed E-state index contributed by atoms with van der Waals surface area (Å²) >= 11 is 0. The molecule has 0 spiro atoms. The van der Waals surface area contributed by atoms with Crippen LogP contribution in [0.25, 0.3) is 5.52 Å². The molecule has 0 atom stereocenters. The number of hydrogen-bond acceptors (Lipinski definition) is 4. The third-order valence-electron chi connectivity index (χ3n) is 2.19. The van der Waals surface area contributed by atoms with E-state index in [-0.39, 0.29) is 17.9 Å². The number of nitrogens with zero attached hydrogens (tertiary/aromatic N) is 2. The van der Waals surface area contributed by atoms with Gasteiger partial charge in [0.2, 0.25) is 0 Å². The maximum atomic E-state index is 11.4. The van der Waals surface area contributed by atoms with Crippen molar-refractivity contribution >= 4 is 17.5 Å². The maximum absolute atomic E-state index is 11.4. The monoisotopic (exact) mass is 234 g/mol. The first-order valence-electron chi connectivity index (χ1n) is 5.01. The van der Waals surface area contributed by atoms with Gasteiger partial charge in [-0.3, -0.25) is 0 Å². The van der Waals surface area contributed by atoms with Gasteiger partial charge in [-0.25, -0.2) is 14.1 Å². The van der Waals surface area contributed by atoms with Crippen molar-refractivity contribution < 1.29 is 19.4 Å². The average Bonchev–Trinajstić information content (AvgIpc) is 2.71. The fourth-order valence-corrected chi connectivity index (χ4v) is 1.43. The number of carbonyl (C=O) groups excluding carboxylic acids is 1. The first-order chi connectivity index (χ1) is 8.11. The zero-order valence-electron chi connectivity index (χ0n) is 9.08. The molecule has 0 aliphatic heterocycles. The lowest BCUT2D eigenvalue weighted by molar-refractivity contribution is 0.0518. The fraction of sp³-hybridized carbons (Fsp3) is 0.182. The van der Waals surface area contributed by atoms with Crippen LogP contribution in [0, 0.1) is 0 Å². The molecule has 0 saturated carbocycles. The van der Waals surface area contributed by atoms with Crippen molar-refractivity contribution in [3.63, 3.8) is 0 Å². The number of aromatic carboxylic acids is 1. The molecule has 6 heteroatoms. The van der Waals surface area contributed by atoms with Crippen molar-refractivity contribution in [3.8, 4) is 0 Å². The number of esters is 1. The smallest absolute Gasteiger partial charge is 0.358 e. The van der Waals surface area contributed by atoms with Crippen molar-refractivity contribution in [2.75, 3.05) is 6.61 Å². The summed E-state index contributed by atoms with van der Waals surface area (Å²) in [6.45, 7) is 1.98. The van der Waals surface area contributed by atoms with Gasteiger partial charge in [-0.1, -0.05) is 0 Å². The molecule has 0 radical (unpaired) electrons. The van der Waals surface area contributed by atoms with E-state index in [1.54, 1.807) is 6.92 Å². The molecule has 2 heterocycles. The molecule has 0 unspecified atom stereocenters. The number of fused-ring (bicyclic) bond motifs is 1. The Balaban J connectivity index is 2.43. The number of carboxylic acid groups (broad SMARTS) is 1. The van der Waals surface area contributed by atoms with E-state index in [9.17, 15) is 9.59 Å². The molecule has 0 fully saturated rings. The predicted molar refractivity (Wildman–Crippen MR) is 58.1 cm³/mol. The first-order valence-corrected chi connectivity index (χ1v) is 5.01. The molecule has 17 heavy (non-hydrogen) atoms. The Bertz CT molecular complexity index is 588. The lowest BCUT2D eigenvalue weighted by Gasteiger charge is -1.95. The van der Waals surface area contributed by atoms with E-state index in [0.29, 0.717) is 5.52 Å². The molecule has 2 aromatic rings. The Labute approximate surface area is 96.4 Å². The van der Waals surface area contributed by atoms with Crippen molar-refractivity contribution in [1.29, 1.82) is 0 Å². The summed E-state index contributed by atoms with van der Waals surface area (Å²) < 4.78 is 6.23. The normalized spacial score (nSPS) is 10.4. The molecule has 0 aliphatic carbocycles. The standard InChI is InChI=1S/C11H10N2O4/c1-2-17-11(16)9-6-8-5-7(10(14)15)3-4-13(8)12-9/h3-6H,2H2,1H3,(H,14,15). The summed E-state index contributed by atoms with van der Waals surface area (Å²) in [6.07, 6.45) is 1.49. The number of rotatable bonds is 3. The third kappa shape index (κ3) is 2.10. The van der Waals surface area contributed by atoms with E-state index < -0.39 is 11.9 Å². The maximum Gasteiger partial charge on any atom is 0.358 e. The lowest BCUT2D eigenvalue weighted by atomic mass is 10.2. The average molecular weight is 234 g/mol. The van der Waals surface area contributed by atoms with Gasteiger partial charge in [0.05, 0.1) is 17.7 Å². The topological polar surface area (TPSA) is 80.9 Å². The van der Waals surface area contributed by atoms with Crippen LogP contribution >= 0.6 is 0 Å². The molecule has 6 nitrogen and oxygen atoms in total. The summed E-state index contributed by atoms with van der Waals surface area (Å²) in [5.74, 6) is -1.54. The van der Waals surface area contributed by atoms with Gasteiger partial charge < -0.3 is 9.84 Å². The number of ether oxygens (including phenoxy) is 1. The van der Waals surface area contributed by atoms with Crippen LogP contribution in [0.4, 0.5) is 0 Å². The second-order valence-electron chi connectivity index (χ2n) is 3.34. The summed E-state index contributed by atoms with van der Waals surface area (Å²) in [4.78, 5) is 22.2. The van der Waals surface area contributed by atoms with Crippen LogP contribution in [0.2, 0.25) is 0 Å². The highest BCUT2D eigenvalue weighted by Gasteiger charge is 2.12. The zero-order valence-corrected chi connectivity index (χ0v) is 9.08. The van der Waals surface area contributed by atoms with Crippen molar-refractivity contribution in [3.05, 3.63) is 35.7 Å². The van der Waals surface area contributed by atoms with E-state index in [2.05, 4.69) is 5.10 Å². The fourth-order valence-electron chi connectivity index (χ4n) is 1.43. The second-order valence-corrected chi connectivity index (χ2v) is 3.34. The van der Waals surface area contributed by atoms with Crippen LogP contribution in [-0.2, 0) is 4.74 Å². The number of carboxylic acids is 1. The quantitative estimate of drug-likeness (QED) is 0.807. The van der Waals surface area contributed by atoms with E-state index >= 15 is 0 Å². The minimum absolute atomic E-state index is 0.146. The Kier molecular flexibility index (Phi) is 2.78. The minimum atomic E-state index is -1.02. The van der Waals surface area contributed by atoms with Gasteiger partial charge in [0.15, 0.2) is 5.69 Å². The van der Waals surface area contributed by atoms with Gasteiger partial charge in [0.1, 0.15) is 0 Å². The number of carbonyl (C=O) groups is 2. The van der Waals surface area contributed by atoms with Crippen molar-refractivity contribution in [1.82, 2.24) is 9.61 Å². The van der Waals surface area contributed by atoms with E-state index in [0.717, 1.165) is 0 Å². The van der Waals surface area contributed by atoms with Crippen molar-refractivity contribution in [2.24, 2.45) is 0 Å². The van der Waals surface area contributed by atoms with Gasteiger partial charge in [0, 0.05) is 6.20 Å². The van der Waals surface area contributed by atoms with E-state index in [4.69, 9.17) is 9.84 Å². The van der Waals surface area contributed by atoms with Crippen LogP contribution in [0.1, 0.15) is 27.8 Å².